The van der Waals surface area contributed by atoms with Crippen LogP contribution < -0.4 is 10.9 Å². The number of fused-ring (bicyclic) bond motifs is 2. The van der Waals surface area contributed by atoms with E-state index in [2.05, 4.69) is 10.3 Å². The van der Waals surface area contributed by atoms with Crippen LogP contribution in [0.2, 0.25) is 0 Å². The number of carbonyl (C=O) groups excluding carboxylic acids is 1. The summed E-state index contributed by atoms with van der Waals surface area (Å²) in [6.45, 7) is 1.77. The molecular formula is C25H28N4O4S. The summed E-state index contributed by atoms with van der Waals surface area (Å²) < 4.78 is 28.9. The predicted octanol–water partition coefficient (Wildman–Crippen LogP) is 3.55. The molecule has 0 atom stereocenters. The third kappa shape index (κ3) is 4.37. The molecular weight excluding hydrogens is 452 g/mol. The van der Waals surface area contributed by atoms with E-state index in [1.54, 1.807) is 34.9 Å². The fourth-order valence-corrected chi connectivity index (χ4v) is 6.24. The molecule has 1 aromatic heterocycles. The molecule has 2 aromatic carbocycles. The first-order valence-corrected chi connectivity index (χ1v) is 13.3. The molecule has 0 unspecified atom stereocenters. The molecule has 0 saturated carbocycles. The lowest BCUT2D eigenvalue weighted by atomic mass is 10.1. The predicted molar refractivity (Wildman–Crippen MR) is 131 cm³/mol. The van der Waals surface area contributed by atoms with Crippen molar-refractivity contribution in [2.24, 2.45) is 0 Å². The quantitative estimate of drug-likeness (QED) is 0.615. The zero-order valence-corrected chi connectivity index (χ0v) is 19.8. The number of rotatable bonds is 4. The molecule has 2 aliphatic heterocycles. The zero-order valence-electron chi connectivity index (χ0n) is 19.0. The lowest BCUT2D eigenvalue weighted by molar-refractivity contribution is 0.102. The van der Waals surface area contributed by atoms with Gasteiger partial charge >= 0.3 is 0 Å². The van der Waals surface area contributed by atoms with E-state index >= 15 is 0 Å². The zero-order chi connectivity index (χ0) is 23.7. The largest absolute Gasteiger partial charge is 0.322 e. The molecule has 178 valence electrons. The maximum absolute atomic E-state index is 12.9. The summed E-state index contributed by atoms with van der Waals surface area (Å²) in [6, 6.07) is 11.2. The number of aromatic nitrogens is 2. The van der Waals surface area contributed by atoms with Crippen molar-refractivity contribution in [3.8, 4) is 0 Å². The van der Waals surface area contributed by atoms with Crippen LogP contribution in [0.1, 0.15) is 54.7 Å². The molecule has 8 nitrogen and oxygen atoms in total. The van der Waals surface area contributed by atoms with Crippen LogP contribution in [-0.2, 0) is 23.0 Å². The first-order chi connectivity index (χ1) is 16.4. The number of sulfonamides is 1. The number of amides is 1. The van der Waals surface area contributed by atoms with Gasteiger partial charge in [-0.15, -0.1) is 0 Å². The van der Waals surface area contributed by atoms with Crippen molar-refractivity contribution in [1.82, 2.24) is 13.9 Å². The molecule has 2 aliphatic rings. The highest BCUT2D eigenvalue weighted by molar-refractivity contribution is 7.89. The van der Waals surface area contributed by atoms with Gasteiger partial charge in [-0.3, -0.25) is 14.2 Å². The van der Waals surface area contributed by atoms with E-state index in [0.717, 1.165) is 50.8 Å². The Morgan fingerprint density at radius 2 is 1.59 bits per heavy atom. The molecule has 9 heteroatoms. The van der Waals surface area contributed by atoms with Gasteiger partial charge < -0.3 is 5.32 Å². The van der Waals surface area contributed by atoms with Gasteiger partial charge in [-0.2, -0.15) is 4.31 Å². The smallest absolute Gasteiger partial charge is 0.261 e. The number of piperidine rings is 1. The van der Waals surface area contributed by atoms with E-state index in [4.69, 9.17) is 0 Å². The van der Waals surface area contributed by atoms with Gasteiger partial charge in [0.25, 0.3) is 11.5 Å². The Kier molecular flexibility index (Phi) is 6.22. The molecule has 1 amide bonds. The number of aryl methyl sites for hydroxylation is 1. The van der Waals surface area contributed by atoms with Crippen molar-refractivity contribution in [3.05, 3.63) is 64.2 Å². The summed E-state index contributed by atoms with van der Waals surface area (Å²) in [4.78, 5) is 30.7. The summed E-state index contributed by atoms with van der Waals surface area (Å²) >= 11 is 0. The number of nitrogens with zero attached hydrogens (tertiary/aromatic N) is 3. The molecule has 0 radical (unpaired) electrons. The molecule has 3 aromatic rings. The molecule has 1 fully saturated rings. The van der Waals surface area contributed by atoms with Crippen molar-refractivity contribution in [2.75, 3.05) is 18.4 Å². The average Bonchev–Trinajstić information content (AvgIpc) is 3.10. The Morgan fingerprint density at radius 3 is 2.35 bits per heavy atom. The second kappa shape index (κ2) is 9.31. The number of hydrogen-bond acceptors (Lipinski definition) is 5. The number of carbonyl (C=O) groups is 1. The number of hydrogen-bond donors (Lipinski definition) is 1. The van der Waals surface area contributed by atoms with Crippen molar-refractivity contribution >= 4 is 32.5 Å². The van der Waals surface area contributed by atoms with Crippen molar-refractivity contribution in [3.63, 3.8) is 0 Å². The van der Waals surface area contributed by atoms with Gasteiger partial charge in [-0.05, 0) is 68.1 Å². The summed E-state index contributed by atoms with van der Waals surface area (Å²) in [6.07, 6.45) is 6.62. The number of benzene rings is 2. The van der Waals surface area contributed by atoms with Crippen LogP contribution in [0.5, 0.6) is 0 Å². The lowest BCUT2D eigenvalue weighted by Crippen LogP contribution is -2.35. The van der Waals surface area contributed by atoms with E-state index in [1.807, 2.05) is 0 Å². The van der Waals surface area contributed by atoms with Crippen LogP contribution in [0.4, 0.5) is 5.69 Å². The third-order valence-corrected chi connectivity index (χ3v) is 8.56. The van der Waals surface area contributed by atoms with Crippen LogP contribution in [0.3, 0.4) is 0 Å². The van der Waals surface area contributed by atoms with Crippen molar-refractivity contribution in [1.29, 1.82) is 0 Å². The van der Waals surface area contributed by atoms with Gasteiger partial charge in [0, 0.05) is 37.3 Å². The van der Waals surface area contributed by atoms with Gasteiger partial charge in [0.1, 0.15) is 5.82 Å². The topological polar surface area (TPSA) is 101 Å². The molecule has 0 spiro atoms. The summed E-state index contributed by atoms with van der Waals surface area (Å²) in [5.41, 5.74) is 1.36. The van der Waals surface area contributed by atoms with Crippen LogP contribution >= 0.6 is 0 Å². The Morgan fingerprint density at radius 1 is 0.882 bits per heavy atom. The van der Waals surface area contributed by atoms with Gasteiger partial charge in [0.05, 0.1) is 15.8 Å². The van der Waals surface area contributed by atoms with Crippen LogP contribution in [0.25, 0.3) is 10.9 Å². The fourth-order valence-electron chi connectivity index (χ4n) is 4.73. The normalized spacial score (nSPS) is 17.2. The van der Waals surface area contributed by atoms with E-state index in [0.29, 0.717) is 41.8 Å². The van der Waals surface area contributed by atoms with Crippen LogP contribution in [0, 0.1) is 0 Å². The van der Waals surface area contributed by atoms with E-state index in [1.165, 1.54) is 16.4 Å². The molecule has 5 rings (SSSR count). The SMILES string of the molecule is O=C(Nc1ccc(S(=O)(=O)N2CCCCC2)cc1)c1ccc2c(=O)n3c(nc2c1)CCCCC3. The van der Waals surface area contributed by atoms with Gasteiger partial charge in [-0.25, -0.2) is 13.4 Å². The minimum atomic E-state index is -3.52. The molecule has 3 heterocycles. The van der Waals surface area contributed by atoms with Crippen molar-refractivity contribution in [2.45, 2.75) is 56.4 Å². The van der Waals surface area contributed by atoms with E-state index in [-0.39, 0.29) is 16.4 Å². The highest BCUT2D eigenvalue weighted by atomic mass is 32.2. The molecule has 34 heavy (non-hydrogen) atoms. The maximum Gasteiger partial charge on any atom is 0.261 e. The summed E-state index contributed by atoms with van der Waals surface area (Å²) in [5, 5.41) is 3.32. The summed E-state index contributed by atoms with van der Waals surface area (Å²) in [7, 11) is -3.52. The second-order valence-electron chi connectivity index (χ2n) is 8.97. The van der Waals surface area contributed by atoms with E-state index < -0.39 is 10.0 Å². The minimum absolute atomic E-state index is 0.0561. The molecule has 1 N–H and O–H groups in total. The second-order valence-corrected chi connectivity index (χ2v) is 10.9. The van der Waals surface area contributed by atoms with E-state index in [9.17, 15) is 18.0 Å². The average molecular weight is 481 g/mol. The number of nitrogens with one attached hydrogen (secondary N) is 1. The van der Waals surface area contributed by atoms with Gasteiger partial charge in [-0.1, -0.05) is 12.8 Å². The maximum atomic E-state index is 12.9. The fraction of sp³-hybridized carbons (Fsp3) is 0.400. The van der Waals surface area contributed by atoms with Gasteiger partial charge in [0.2, 0.25) is 10.0 Å². The monoisotopic (exact) mass is 480 g/mol. The first kappa shape index (κ1) is 22.7. The van der Waals surface area contributed by atoms with Crippen molar-refractivity contribution < 1.29 is 13.2 Å². The highest BCUT2D eigenvalue weighted by Crippen LogP contribution is 2.23. The molecule has 0 bridgehead atoms. The lowest BCUT2D eigenvalue weighted by Gasteiger charge is -2.25. The van der Waals surface area contributed by atoms with Gasteiger partial charge in [0.15, 0.2) is 0 Å². The van der Waals surface area contributed by atoms with Crippen LogP contribution in [0.15, 0.2) is 52.2 Å². The summed E-state index contributed by atoms with van der Waals surface area (Å²) in [5.74, 6) is 0.434. The third-order valence-electron chi connectivity index (χ3n) is 6.64. The Labute approximate surface area is 198 Å². The number of anilines is 1. The standard InChI is InChI=1S/C25H28N4O4S/c30-24(26-19-9-11-20(12-10-19)34(32,33)28-14-4-2-5-15-28)18-8-13-21-22(17-18)27-23-7-3-1-6-16-29(23)25(21)31/h8-13,17H,1-7,14-16H2,(H,26,30). The Bertz CT molecular complexity index is 1390. The Balaban J connectivity index is 1.36. The first-order valence-electron chi connectivity index (χ1n) is 11.9. The minimum Gasteiger partial charge on any atom is -0.322 e. The van der Waals surface area contributed by atoms with Crippen LogP contribution in [-0.4, -0.2) is 41.3 Å². The highest BCUT2D eigenvalue weighted by Gasteiger charge is 2.25. The Hall–Kier alpha value is -3.04. The molecule has 1 saturated heterocycles. The molecule has 0 aliphatic carbocycles.